The molecule has 5 nitrogen and oxygen atoms in total. The van der Waals surface area contributed by atoms with Crippen molar-refractivity contribution in [1.29, 1.82) is 0 Å². The van der Waals surface area contributed by atoms with Gasteiger partial charge in [-0.1, -0.05) is 64.7 Å². The molecule has 0 heterocycles. The number of nitrogens with two attached hydrogens (primary N) is 2. The van der Waals surface area contributed by atoms with Gasteiger partial charge in [0.25, 0.3) is 0 Å². The van der Waals surface area contributed by atoms with E-state index in [9.17, 15) is 4.79 Å². The van der Waals surface area contributed by atoms with Gasteiger partial charge >= 0.3 is 5.97 Å². The summed E-state index contributed by atoms with van der Waals surface area (Å²) in [5.74, 6) is -0.289. The van der Waals surface area contributed by atoms with Gasteiger partial charge in [0.2, 0.25) is 0 Å². The van der Waals surface area contributed by atoms with Crippen LogP contribution in [0.2, 0.25) is 0 Å². The summed E-state index contributed by atoms with van der Waals surface area (Å²) in [7, 11) is 0. The Morgan fingerprint density at radius 2 is 1.45 bits per heavy atom. The van der Waals surface area contributed by atoms with Crippen molar-refractivity contribution in [3.05, 3.63) is 0 Å². The molecule has 0 radical (unpaired) electrons. The minimum absolute atomic E-state index is 0. The lowest BCUT2D eigenvalue weighted by atomic mass is 10.1. The lowest BCUT2D eigenvalue weighted by Crippen LogP contribution is -2.37. The third-order valence-corrected chi connectivity index (χ3v) is 3.41. The van der Waals surface area contributed by atoms with E-state index in [0.717, 1.165) is 13.0 Å². The van der Waals surface area contributed by atoms with Gasteiger partial charge in [-0.15, -0.1) is 12.4 Å². The van der Waals surface area contributed by atoms with Crippen molar-refractivity contribution in [2.24, 2.45) is 11.5 Å². The zero-order chi connectivity index (χ0) is 15.8. The Bertz CT molecular complexity index is 241. The molecule has 0 fully saturated rings. The van der Waals surface area contributed by atoms with Crippen molar-refractivity contribution >= 4 is 18.4 Å². The van der Waals surface area contributed by atoms with Crippen molar-refractivity contribution in [1.82, 2.24) is 5.32 Å². The SMILES string of the molecule is CCCCCCCCCCCCNCC(=O)OCC(N)N.Cl. The quantitative estimate of drug-likeness (QED) is 0.243. The molecule has 0 aliphatic rings. The molecule has 22 heavy (non-hydrogen) atoms. The number of carbonyl (C=O) groups excluding carboxylic acids is 1. The normalized spacial score (nSPS) is 10.5. The Balaban J connectivity index is 0. The van der Waals surface area contributed by atoms with Gasteiger partial charge in [0.1, 0.15) is 6.61 Å². The first-order chi connectivity index (χ1) is 10.2. The van der Waals surface area contributed by atoms with Crippen LogP contribution in [0.3, 0.4) is 0 Å². The average Bonchev–Trinajstić information content (AvgIpc) is 2.46. The highest BCUT2D eigenvalue weighted by Crippen LogP contribution is 2.10. The smallest absolute Gasteiger partial charge is 0.320 e. The Kier molecular flexibility index (Phi) is 20.3. The predicted molar refractivity (Wildman–Crippen MR) is 95.1 cm³/mol. The van der Waals surface area contributed by atoms with E-state index in [-0.39, 0.29) is 31.5 Å². The Morgan fingerprint density at radius 1 is 0.955 bits per heavy atom. The van der Waals surface area contributed by atoms with Crippen LogP contribution in [-0.4, -0.2) is 31.8 Å². The fraction of sp³-hybridized carbons (Fsp3) is 0.938. The molecule has 0 aromatic rings. The minimum atomic E-state index is -0.587. The zero-order valence-corrected chi connectivity index (χ0v) is 15.0. The third-order valence-electron chi connectivity index (χ3n) is 3.41. The van der Waals surface area contributed by atoms with E-state index >= 15 is 0 Å². The molecule has 6 heteroatoms. The molecule has 0 unspecified atom stereocenters. The number of rotatable bonds is 15. The summed E-state index contributed by atoms with van der Waals surface area (Å²) in [5, 5.41) is 3.08. The van der Waals surface area contributed by atoms with Crippen molar-refractivity contribution in [3.63, 3.8) is 0 Å². The minimum Gasteiger partial charge on any atom is -0.462 e. The maximum Gasteiger partial charge on any atom is 0.320 e. The number of hydrogen-bond donors (Lipinski definition) is 3. The van der Waals surface area contributed by atoms with Gasteiger partial charge in [0, 0.05) is 0 Å². The number of esters is 1. The van der Waals surface area contributed by atoms with Crippen molar-refractivity contribution in [2.45, 2.75) is 77.3 Å². The standard InChI is InChI=1S/C16H35N3O2.ClH/c1-2-3-4-5-6-7-8-9-10-11-12-19-13-16(20)21-14-15(17)18;/h15,19H,2-14,17-18H2,1H3;1H. The molecular weight excluding hydrogens is 302 g/mol. The molecule has 134 valence electrons. The van der Waals surface area contributed by atoms with Crippen LogP contribution in [0.4, 0.5) is 0 Å². The number of ether oxygens (including phenoxy) is 1. The molecule has 0 atom stereocenters. The first kappa shape index (κ1) is 23.9. The van der Waals surface area contributed by atoms with E-state index in [1.165, 1.54) is 57.8 Å². The molecule has 5 N–H and O–H groups in total. The number of unbranched alkanes of at least 4 members (excludes halogenated alkanes) is 9. The second kappa shape index (κ2) is 18.7. The van der Waals surface area contributed by atoms with Crippen molar-refractivity contribution in [3.8, 4) is 0 Å². The fourth-order valence-corrected chi connectivity index (χ4v) is 2.17. The van der Waals surface area contributed by atoms with E-state index in [2.05, 4.69) is 12.2 Å². The summed E-state index contributed by atoms with van der Waals surface area (Å²) < 4.78 is 4.85. The first-order valence-electron chi connectivity index (χ1n) is 8.54. The number of nitrogens with one attached hydrogen (secondary N) is 1. The molecule has 0 rings (SSSR count). The number of hydrogen-bond acceptors (Lipinski definition) is 5. The van der Waals surface area contributed by atoms with Crippen LogP contribution in [0.1, 0.15) is 71.1 Å². The van der Waals surface area contributed by atoms with Crippen LogP contribution >= 0.6 is 12.4 Å². The van der Waals surface area contributed by atoms with E-state index in [1.807, 2.05) is 0 Å². The average molecular weight is 338 g/mol. The summed E-state index contributed by atoms with van der Waals surface area (Å²) in [4.78, 5) is 11.2. The van der Waals surface area contributed by atoms with Crippen LogP contribution in [0.15, 0.2) is 0 Å². The summed E-state index contributed by atoms with van der Waals surface area (Å²) in [6, 6.07) is 0. The van der Waals surface area contributed by atoms with Gasteiger partial charge in [-0.25, -0.2) is 0 Å². The Hall–Kier alpha value is -0.360. The van der Waals surface area contributed by atoms with Crippen LogP contribution in [-0.2, 0) is 9.53 Å². The Morgan fingerprint density at radius 3 is 1.95 bits per heavy atom. The molecule has 0 spiro atoms. The lowest BCUT2D eigenvalue weighted by Gasteiger charge is -2.08. The summed E-state index contributed by atoms with van der Waals surface area (Å²) in [6.07, 6.45) is 12.6. The highest BCUT2D eigenvalue weighted by molar-refractivity contribution is 5.85. The van der Waals surface area contributed by atoms with E-state index in [0.29, 0.717) is 0 Å². The molecule has 0 aliphatic heterocycles. The second-order valence-corrected chi connectivity index (χ2v) is 5.71. The summed E-state index contributed by atoms with van der Waals surface area (Å²) in [5.41, 5.74) is 10.6. The molecule has 0 saturated carbocycles. The van der Waals surface area contributed by atoms with E-state index < -0.39 is 6.17 Å². The highest BCUT2D eigenvalue weighted by Gasteiger charge is 2.03. The molecule has 0 aromatic carbocycles. The van der Waals surface area contributed by atoms with Crippen LogP contribution in [0.5, 0.6) is 0 Å². The summed E-state index contributed by atoms with van der Waals surface area (Å²) in [6.45, 7) is 3.43. The van der Waals surface area contributed by atoms with Crippen molar-refractivity contribution in [2.75, 3.05) is 19.7 Å². The zero-order valence-electron chi connectivity index (χ0n) is 14.1. The lowest BCUT2D eigenvalue weighted by molar-refractivity contribution is -0.143. The number of carbonyl (C=O) groups is 1. The molecule has 0 aromatic heterocycles. The Labute approximate surface area is 142 Å². The third kappa shape index (κ3) is 19.6. The molecular formula is C16H36ClN3O2. The molecule has 0 saturated heterocycles. The second-order valence-electron chi connectivity index (χ2n) is 5.71. The van der Waals surface area contributed by atoms with Crippen LogP contribution < -0.4 is 16.8 Å². The van der Waals surface area contributed by atoms with Crippen molar-refractivity contribution < 1.29 is 9.53 Å². The summed E-state index contributed by atoms with van der Waals surface area (Å²) >= 11 is 0. The molecule has 0 aliphatic carbocycles. The molecule has 0 bridgehead atoms. The number of halogens is 1. The van der Waals surface area contributed by atoms with Crippen LogP contribution in [0.25, 0.3) is 0 Å². The first-order valence-corrected chi connectivity index (χ1v) is 8.54. The predicted octanol–water partition coefficient (Wildman–Crippen LogP) is 2.71. The van der Waals surface area contributed by atoms with E-state index in [1.54, 1.807) is 0 Å². The van der Waals surface area contributed by atoms with Gasteiger partial charge < -0.3 is 21.5 Å². The van der Waals surface area contributed by atoms with Gasteiger partial charge in [0.05, 0.1) is 12.7 Å². The highest BCUT2D eigenvalue weighted by atomic mass is 35.5. The topological polar surface area (TPSA) is 90.4 Å². The fourth-order valence-electron chi connectivity index (χ4n) is 2.17. The van der Waals surface area contributed by atoms with E-state index in [4.69, 9.17) is 16.2 Å². The largest absolute Gasteiger partial charge is 0.462 e. The van der Waals surface area contributed by atoms with Gasteiger partial charge in [-0.05, 0) is 13.0 Å². The maximum absolute atomic E-state index is 11.2. The van der Waals surface area contributed by atoms with Gasteiger partial charge in [-0.3, -0.25) is 4.79 Å². The van der Waals surface area contributed by atoms with Gasteiger partial charge in [-0.2, -0.15) is 0 Å². The van der Waals surface area contributed by atoms with Crippen LogP contribution in [0, 0.1) is 0 Å². The molecule has 0 amide bonds. The maximum atomic E-state index is 11.2. The monoisotopic (exact) mass is 337 g/mol. The van der Waals surface area contributed by atoms with Gasteiger partial charge in [0.15, 0.2) is 0 Å².